The normalized spacial score (nSPS) is 17.1. The first-order valence-electron chi connectivity index (χ1n) is 6.40. The summed E-state index contributed by atoms with van der Waals surface area (Å²) in [6.07, 6.45) is 0.927. The van der Waals surface area contributed by atoms with Gasteiger partial charge in [-0.3, -0.25) is 9.69 Å². The summed E-state index contributed by atoms with van der Waals surface area (Å²) in [5.74, 6) is 0.867. The predicted octanol–water partition coefficient (Wildman–Crippen LogP) is 2.31. The molecule has 1 saturated heterocycles. The maximum atomic E-state index is 12.4. The van der Waals surface area contributed by atoms with Gasteiger partial charge in [-0.1, -0.05) is 6.92 Å². The number of hydrogen-bond acceptors (Lipinski definition) is 3. The van der Waals surface area contributed by atoms with E-state index >= 15 is 0 Å². The number of carbonyl (C=O) groups excluding carboxylic acids is 1. The zero-order valence-electron chi connectivity index (χ0n) is 10.7. The zero-order valence-corrected chi connectivity index (χ0v) is 12.3. The smallest absolute Gasteiger partial charge is 0.264 e. The van der Waals surface area contributed by atoms with Crippen molar-refractivity contribution >= 4 is 28.8 Å². The molecular weight excluding hydrogens is 268 g/mol. The summed E-state index contributed by atoms with van der Waals surface area (Å²) in [7, 11) is 0. The molecule has 2 heterocycles. The number of thiophene rings is 1. The van der Waals surface area contributed by atoms with Gasteiger partial charge < -0.3 is 4.90 Å². The van der Waals surface area contributed by atoms with Gasteiger partial charge in [0.15, 0.2) is 0 Å². The summed E-state index contributed by atoms with van der Waals surface area (Å²) in [5.41, 5.74) is 1.17. The number of hydrogen-bond donors (Lipinski definition) is 0. The van der Waals surface area contributed by atoms with Gasteiger partial charge in [0.05, 0.1) is 4.88 Å². The maximum Gasteiger partial charge on any atom is 0.264 e. The summed E-state index contributed by atoms with van der Waals surface area (Å²) in [4.78, 5) is 17.6. The molecule has 1 aromatic rings. The Bertz CT molecular complexity index is 399. The third-order valence-electron chi connectivity index (χ3n) is 3.38. The third-order valence-corrected chi connectivity index (χ3v) is 4.50. The molecule has 18 heavy (non-hydrogen) atoms. The van der Waals surface area contributed by atoms with Crippen LogP contribution in [0.3, 0.4) is 0 Å². The number of rotatable bonds is 4. The van der Waals surface area contributed by atoms with Crippen LogP contribution in [0, 0.1) is 0 Å². The average molecular weight is 287 g/mol. The van der Waals surface area contributed by atoms with E-state index in [4.69, 9.17) is 11.6 Å². The minimum absolute atomic E-state index is 0.201. The Balaban J connectivity index is 1.95. The van der Waals surface area contributed by atoms with Crippen LogP contribution in [0.15, 0.2) is 11.4 Å². The fourth-order valence-electron chi connectivity index (χ4n) is 2.24. The molecule has 0 spiro atoms. The van der Waals surface area contributed by atoms with Crippen LogP contribution in [0.1, 0.15) is 22.2 Å². The van der Waals surface area contributed by atoms with Gasteiger partial charge >= 0.3 is 0 Å². The number of nitrogens with zero attached hydrogens (tertiary/aromatic N) is 2. The Morgan fingerprint density at radius 1 is 1.39 bits per heavy atom. The molecule has 0 aliphatic carbocycles. The lowest BCUT2D eigenvalue weighted by Crippen LogP contribution is -2.49. The molecular formula is C13H19ClN2OS. The van der Waals surface area contributed by atoms with Gasteiger partial charge in [0.25, 0.3) is 5.91 Å². The summed E-state index contributed by atoms with van der Waals surface area (Å²) >= 11 is 7.30. The molecule has 1 aliphatic rings. The van der Waals surface area contributed by atoms with Crippen molar-refractivity contribution in [2.45, 2.75) is 13.3 Å². The van der Waals surface area contributed by atoms with Crippen LogP contribution in [0.2, 0.25) is 0 Å². The standard InChI is InChI=1S/C13H19ClN2OS/c1-2-11-3-10-18-12(11)13(17)16-8-6-15(5-4-14)7-9-16/h3,10H,2,4-9H2,1H3. The van der Waals surface area contributed by atoms with Crippen LogP contribution in [-0.2, 0) is 6.42 Å². The van der Waals surface area contributed by atoms with Gasteiger partial charge in [-0.15, -0.1) is 22.9 Å². The average Bonchev–Trinajstić information content (AvgIpc) is 2.87. The van der Waals surface area contributed by atoms with Gasteiger partial charge in [-0.25, -0.2) is 0 Å². The summed E-state index contributed by atoms with van der Waals surface area (Å²) in [6, 6.07) is 2.06. The molecule has 0 radical (unpaired) electrons. The number of amides is 1. The van der Waals surface area contributed by atoms with Crippen molar-refractivity contribution in [1.29, 1.82) is 0 Å². The first-order chi connectivity index (χ1) is 8.76. The van der Waals surface area contributed by atoms with Gasteiger partial charge in [-0.2, -0.15) is 0 Å². The highest BCUT2D eigenvalue weighted by Gasteiger charge is 2.23. The monoisotopic (exact) mass is 286 g/mol. The molecule has 3 nitrogen and oxygen atoms in total. The molecule has 0 aromatic carbocycles. The number of piperazine rings is 1. The predicted molar refractivity (Wildman–Crippen MR) is 76.8 cm³/mol. The van der Waals surface area contributed by atoms with Crippen LogP contribution in [0.25, 0.3) is 0 Å². The second-order valence-electron chi connectivity index (χ2n) is 4.45. The first-order valence-corrected chi connectivity index (χ1v) is 7.81. The van der Waals surface area contributed by atoms with E-state index in [9.17, 15) is 4.79 Å². The van der Waals surface area contributed by atoms with E-state index in [-0.39, 0.29) is 5.91 Å². The number of alkyl halides is 1. The van der Waals surface area contributed by atoms with Crippen LogP contribution >= 0.6 is 22.9 Å². The molecule has 0 atom stereocenters. The Hall–Kier alpha value is -0.580. The first kappa shape index (κ1) is 13.8. The second-order valence-corrected chi connectivity index (χ2v) is 5.75. The molecule has 0 N–H and O–H groups in total. The number of halogens is 1. The number of carbonyl (C=O) groups is 1. The fourth-order valence-corrected chi connectivity index (χ4v) is 3.44. The van der Waals surface area contributed by atoms with Gasteiger partial charge in [0, 0.05) is 38.6 Å². The van der Waals surface area contributed by atoms with Crippen molar-refractivity contribution in [3.8, 4) is 0 Å². The topological polar surface area (TPSA) is 23.6 Å². The Labute approximate surface area is 117 Å². The van der Waals surface area contributed by atoms with E-state index in [1.165, 1.54) is 5.56 Å². The molecule has 100 valence electrons. The quantitative estimate of drug-likeness (QED) is 0.793. The van der Waals surface area contributed by atoms with Crippen molar-refractivity contribution in [1.82, 2.24) is 9.80 Å². The van der Waals surface area contributed by atoms with Crippen molar-refractivity contribution in [2.75, 3.05) is 38.6 Å². The highest BCUT2D eigenvalue weighted by molar-refractivity contribution is 7.12. The lowest BCUT2D eigenvalue weighted by Gasteiger charge is -2.34. The van der Waals surface area contributed by atoms with Gasteiger partial charge in [0.1, 0.15) is 0 Å². The van der Waals surface area contributed by atoms with E-state index in [0.717, 1.165) is 44.0 Å². The molecule has 5 heteroatoms. The maximum absolute atomic E-state index is 12.4. The van der Waals surface area contributed by atoms with E-state index in [1.54, 1.807) is 11.3 Å². The van der Waals surface area contributed by atoms with E-state index in [0.29, 0.717) is 5.88 Å². The molecule has 0 unspecified atom stereocenters. The van der Waals surface area contributed by atoms with Gasteiger partial charge in [0.2, 0.25) is 0 Å². The second kappa shape index (κ2) is 6.55. The molecule has 0 bridgehead atoms. The van der Waals surface area contributed by atoms with Crippen molar-refractivity contribution < 1.29 is 4.79 Å². The molecule has 0 saturated carbocycles. The Kier molecular flexibility index (Phi) is 5.03. The van der Waals surface area contributed by atoms with Crippen LogP contribution in [-0.4, -0.2) is 54.3 Å². The molecule has 1 amide bonds. The summed E-state index contributed by atoms with van der Waals surface area (Å²) < 4.78 is 0. The SMILES string of the molecule is CCc1ccsc1C(=O)N1CCN(CCCl)CC1. The van der Waals surface area contributed by atoms with Crippen LogP contribution < -0.4 is 0 Å². The molecule has 1 fully saturated rings. The third kappa shape index (κ3) is 3.05. The number of aryl methyl sites for hydroxylation is 1. The highest BCUT2D eigenvalue weighted by Crippen LogP contribution is 2.20. The van der Waals surface area contributed by atoms with Crippen LogP contribution in [0.4, 0.5) is 0 Å². The summed E-state index contributed by atoms with van der Waals surface area (Å²) in [6.45, 7) is 6.52. The highest BCUT2D eigenvalue weighted by atomic mass is 35.5. The van der Waals surface area contributed by atoms with Crippen LogP contribution in [0.5, 0.6) is 0 Å². The Morgan fingerprint density at radius 2 is 2.11 bits per heavy atom. The molecule has 1 aliphatic heterocycles. The molecule has 1 aromatic heterocycles. The van der Waals surface area contributed by atoms with E-state index < -0.39 is 0 Å². The van der Waals surface area contributed by atoms with Crippen molar-refractivity contribution in [2.24, 2.45) is 0 Å². The lowest BCUT2D eigenvalue weighted by atomic mass is 10.2. The van der Waals surface area contributed by atoms with E-state index in [1.807, 2.05) is 10.3 Å². The van der Waals surface area contributed by atoms with Gasteiger partial charge in [-0.05, 0) is 23.4 Å². The largest absolute Gasteiger partial charge is 0.335 e. The van der Waals surface area contributed by atoms with Crippen molar-refractivity contribution in [3.05, 3.63) is 21.9 Å². The minimum Gasteiger partial charge on any atom is -0.335 e. The van der Waals surface area contributed by atoms with Crippen molar-refractivity contribution in [3.63, 3.8) is 0 Å². The summed E-state index contributed by atoms with van der Waals surface area (Å²) in [5, 5.41) is 2.01. The molecule has 2 rings (SSSR count). The Morgan fingerprint density at radius 3 is 2.72 bits per heavy atom. The zero-order chi connectivity index (χ0) is 13.0. The van der Waals surface area contributed by atoms with E-state index in [2.05, 4.69) is 17.9 Å². The minimum atomic E-state index is 0.201. The lowest BCUT2D eigenvalue weighted by molar-refractivity contribution is 0.0648. The fraction of sp³-hybridized carbons (Fsp3) is 0.615.